The third-order valence-electron chi connectivity index (χ3n) is 5.04. The lowest BCUT2D eigenvalue weighted by Crippen LogP contribution is -2.37. The molecule has 0 aromatic rings. The number of nitrogens with one attached hydrogen (secondary N) is 1. The van der Waals surface area contributed by atoms with Gasteiger partial charge in [0.15, 0.2) is 6.23 Å². The lowest BCUT2D eigenvalue weighted by molar-refractivity contribution is 0.0498. The van der Waals surface area contributed by atoms with E-state index in [2.05, 4.69) is 10.1 Å². The van der Waals surface area contributed by atoms with Crippen LogP contribution in [0.2, 0.25) is 0 Å². The summed E-state index contributed by atoms with van der Waals surface area (Å²) in [7, 11) is 0. The van der Waals surface area contributed by atoms with Gasteiger partial charge in [-0.3, -0.25) is 5.73 Å². The van der Waals surface area contributed by atoms with Gasteiger partial charge in [0.05, 0.1) is 6.17 Å². The summed E-state index contributed by atoms with van der Waals surface area (Å²) in [5.74, 6) is 0. The minimum atomic E-state index is -1.30. The molecule has 0 spiro atoms. The van der Waals surface area contributed by atoms with Crippen molar-refractivity contribution in [2.24, 2.45) is 17.2 Å². The highest BCUT2D eigenvalue weighted by atomic mass is 16.7. The van der Waals surface area contributed by atoms with Crippen molar-refractivity contribution < 1.29 is 14.6 Å². The molecular weight excluding hydrogens is 356 g/mol. The lowest BCUT2D eigenvalue weighted by Gasteiger charge is -2.13. The van der Waals surface area contributed by atoms with Crippen LogP contribution in [0.15, 0.2) is 0 Å². The molecule has 28 heavy (non-hydrogen) atoms. The SMILES string of the molecule is NCCCCCCCCCC(N)NCCCCCCCCCC(N)OC(=O)O. The molecular formula is C21H46N4O3. The van der Waals surface area contributed by atoms with Crippen LogP contribution in [0.4, 0.5) is 4.79 Å². The fourth-order valence-corrected chi connectivity index (χ4v) is 3.32. The first-order chi connectivity index (χ1) is 13.6. The molecule has 0 aromatic carbocycles. The highest BCUT2D eigenvalue weighted by Gasteiger charge is 2.06. The summed E-state index contributed by atoms with van der Waals surface area (Å²) < 4.78 is 4.47. The van der Waals surface area contributed by atoms with Crippen molar-refractivity contribution in [3.05, 3.63) is 0 Å². The minimum absolute atomic E-state index is 0.134. The van der Waals surface area contributed by atoms with Gasteiger partial charge in [0.25, 0.3) is 0 Å². The van der Waals surface area contributed by atoms with E-state index in [4.69, 9.17) is 22.3 Å². The molecule has 0 radical (unpaired) electrons. The summed E-state index contributed by atoms with van der Waals surface area (Å²) >= 11 is 0. The maximum absolute atomic E-state index is 10.3. The average Bonchev–Trinajstić information content (AvgIpc) is 2.64. The molecule has 0 aromatic heterocycles. The highest BCUT2D eigenvalue weighted by Crippen LogP contribution is 2.10. The second kappa shape index (κ2) is 20.8. The van der Waals surface area contributed by atoms with E-state index in [1.807, 2.05) is 0 Å². The van der Waals surface area contributed by atoms with Gasteiger partial charge in [-0.1, -0.05) is 70.6 Å². The van der Waals surface area contributed by atoms with Crippen LogP contribution in [-0.4, -0.2) is 36.7 Å². The number of hydrogen-bond acceptors (Lipinski definition) is 6. The number of rotatable bonds is 21. The molecule has 0 aliphatic carbocycles. The first kappa shape index (κ1) is 27.1. The van der Waals surface area contributed by atoms with Crippen molar-refractivity contribution in [2.45, 2.75) is 115 Å². The molecule has 0 fully saturated rings. The number of unbranched alkanes of at least 4 members (excludes halogenated alkanes) is 12. The number of carboxylic acid groups (broad SMARTS) is 1. The number of nitrogens with two attached hydrogens (primary N) is 3. The standard InChI is InChI=1S/C21H46N4O3/c22-17-13-9-5-1-3-7-11-15-19(23)25-18-14-10-6-2-4-8-12-16-20(24)28-21(26)27/h19-20,25H,1-18,22-24H2,(H,26,27). The van der Waals surface area contributed by atoms with Crippen LogP contribution in [-0.2, 0) is 4.74 Å². The summed E-state index contributed by atoms with van der Waals surface area (Å²) in [6.07, 6.45) is 16.7. The Labute approximate surface area is 172 Å². The maximum atomic E-state index is 10.3. The van der Waals surface area contributed by atoms with Gasteiger partial charge in [0.1, 0.15) is 0 Å². The molecule has 0 rings (SSSR count). The molecule has 2 unspecified atom stereocenters. The van der Waals surface area contributed by atoms with Gasteiger partial charge in [-0.25, -0.2) is 4.79 Å². The minimum Gasteiger partial charge on any atom is -0.450 e. The molecule has 0 heterocycles. The molecule has 0 bridgehead atoms. The van der Waals surface area contributed by atoms with Gasteiger partial charge in [-0.05, 0) is 45.2 Å². The Morgan fingerprint density at radius 3 is 1.75 bits per heavy atom. The van der Waals surface area contributed by atoms with E-state index in [0.29, 0.717) is 6.42 Å². The largest absolute Gasteiger partial charge is 0.507 e. The van der Waals surface area contributed by atoms with Crippen molar-refractivity contribution >= 4 is 6.16 Å². The van der Waals surface area contributed by atoms with E-state index in [1.54, 1.807) is 0 Å². The molecule has 0 aliphatic heterocycles. The van der Waals surface area contributed by atoms with Crippen molar-refractivity contribution in [2.75, 3.05) is 13.1 Å². The zero-order valence-electron chi connectivity index (χ0n) is 17.9. The van der Waals surface area contributed by atoms with E-state index in [9.17, 15) is 4.79 Å². The predicted molar refractivity (Wildman–Crippen MR) is 116 cm³/mol. The van der Waals surface area contributed by atoms with Crippen LogP contribution in [0.5, 0.6) is 0 Å². The Kier molecular flexibility index (Phi) is 20.2. The predicted octanol–water partition coefficient (Wildman–Crippen LogP) is 4.04. The van der Waals surface area contributed by atoms with Gasteiger partial charge >= 0.3 is 6.16 Å². The lowest BCUT2D eigenvalue weighted by atomic mass is 10.1. The van der Waals surface area contributed by atoms with E-state index in [-0.39, 0.29) is 6.17 Å². The van der Waals surface area contributed by atoms with Gasteiger partial charge in [0, 0.05) is 0 Å². The van der Waals surface area contributed by atoms with Crippen molar-refractivity contribution in [3.63, 3.8) is 0 Å². The maximum Gasteiger partial charge on any atom is 0.507 e. The van der Waals surface area contributed by atoms with Gasteiger partial charge in [-0.15, -0.1) is 0 Å². The summed E-state index contributed by atoms with van der Waals surface area (Å²) in [6, 6.07) is 0. The Morgan fingerprint density at radius 1 is 0.750 bits per heavy atom. The Bertz CT molecular complexity index is 346. The first-order valence-electron chi connectivity index (χ1n) is 11.4. The van der Waals surface area contributed by atoms with Crippen molar-refractivity contribution in [1.29, 1.82) is 0 Å². The van der Waals surface area contributed by atoms with E-state index >= 15 is 0 Å². The molecule has 2 atom stereocenters. The van der Waals surface area contributed by atoms with Crippen LogP contribution < -0.4 is 22.5 Å². The van der Waals surface area contributed by atoms with Crippen LogP contribution in [0.3, 0.4) is 0 Å². The van der Waals surface area contributed by atoms with E-state index in [1.165, 1.54) is 70.6 Å². The number of ether oxygens (including phenoxy) is 1. The van der Waals surface area contributed by atoms with Gasteiger partial charge in [0.2, 0.25) is 0 Å². The van der Waals surface area contributed by atoms with Gasteiger partial charge < -0.3 is 26.6 Å². The molecule has 0 aliphatic rings. The molecule has 8 N–H and O–H groups in total. The smallest absolute Gasteiger partial charge is 0.450 e. The molecule has 7 nitrogen and oxygen atoms in total. The summed E-state index contributed by atoms with van der Waals surface area (Å²) in [6.45, 7) is 1.82. The Balaban J connectivity index is 3.22. The average molecular weight is 403 g/mol. The summed E-state index contributed by atoms with van der Waals surface area (Å²) in [4.78, 5) is 10.3. The second-order valence-corrected chi connectivity index (χ2v) is 7.80. The quantitative estimate of drug-likeness (QED) is 0.111. The van der Waals surface area contributed by atoms with Crippen LogP contribution in [0.25, 0.3) is 0 Å². The summed E-state index contributed by atoms with van der Waals surface area (Å²) in [5, 5.41) is 11.9. The fourth-order valence-electron chi connectivity index (χ4n) is 3.32. The summed E-state index contributed by atoms with van der Waals surface area (Å²) in [5.41, 5.74) is 17.2. The van der Waals surface area contributed by atoms with Crippen LogP contribution in [0, 0.1) is 0 Å². The normalized spacial score (nSPS) is 13.4. The third-order valence-corrected chi connectivity index (χ3v) is 5.04. The molecule has 0 saturated carbocycles. The van der Waals surface area contributed by atoms with Crippen LogP contribution in [0.1, 0.15) is 103 Å². The van der Waals surface area contributed by atoms with Crippen LogP contribution >= 0.6 is 0 Å². The van der Waals surface area contributed by atoms with E-state index in [0.717, 1.165) is 38.8 Å². The monoisotopic (exact) mass is 402 g/mol. The van der Waals surface area contributed by atoms with Crippen molar-refractivity contribution in [1.82, 2.24) is 5.32 Å². The first-order valence-corrected chi connectivity index (χ1v) is 11.4. The molecule has 0 amide bonds. The topological polar surface area (TPSA) is 137 Å². The zero-order valence-corrected chi connectivity index (χ0v) is 17.9. The number of hydrogen-bond donors (Lipinski definition) is 5. The molecule has 7 heteroatoms. The van der Waals surface area contributed by atoms with E-state index < -0.39 is 12.4 Å². The third kappa shape index (κ3) is 21.4. The Hall–Kier alpha value is -0.890. The molecule has 168 valence electrons. The second-order valence-electron chi connectivity index (χ2n) is 7.80. The number of carbonyl (C=O) groups is 1. The zero-order chi connectivity index (χ0) is 20.9. The molecule has 0 saturated heterocycles. The fraction of sp³-hybridized carbons (Fsp3) is 0.952. The Morgan fingerprint density at radius 2 is 1.21 bits per heavy atom. The highest BCUT2D eigenvalue weighted by molar-refractivity contribution is 5.56. The van der Waals surface area contributed by atoms with Gasteiger partial charge in [-0.2, -0.15) is 0 Å². The van der Waals surface area contributed by atoms with Crippen molar-refractivity contribution in [3.8, 4) is 0 Å².